The summed E-state index contributed by atoms with van der Waals surface area (Å²) in [5, 5.41) is 3.56. The van der Waals surface area contributed by atoms with Gasteiger partial charge < -0.3 is 10.1 Å². The molecule has 0 amide bonds. The molecule has 1 atom stereocenters. The van der Waals surface area contributed by atoms with Crippen molar-refractivity contribution in [1.29, 1.82) is 0 Å². The first kappa shape index (κ1) is 27.8. The average Bonchev–Trinajstić information content (AvgIpc) is 2.92. The molecular formula is C28H25F6N5O. The Bertz CT molecular complexity index is 1490. The topological polar surface area (TPSA) is 63.2 Å². The van der Waals surface area contributed by atoms with Crippen LogP contribution in [0.4, 0.5) is 37.8 Å². The van der Waals surface area contributed by atoms with Crippen molar-refractivity contribution in [1.82, 2.24) is 19.9 Å². The third-order valence-corrected chi connectivity index (χ3v) is 6.77. The fourth-order valence-electron chi connectivity index (χ4n) is 4.69. The van der Waals surface area contributed by atoms with Crippen LogP contribution in [0.15, 0.2) is 60.8 Å². The van der Waals surface area contributed by atoms with Crippen molar-refractivity contribution in [3.63, 3.8) is 0 Å². The van der Waals surface area contributed by atoms with Gasteiger partial charge in [0.05, 0.1) is 42.1 Å². The summed E-state index contributed by atoms with van der Waals surface area (Å²) in [4.78, 5) is 15.5. The third-order valence-electron chi connectivity index (χ3n) is 6.77. The molecular weight excluding hydrogens is 536 g/mol. The second-order valence-electron chi connectivity index (χ2n) is 9.43. The highest BCUT2D eigenvalue weighted by molar-refractivity contribution is 5.93. The summed E-state index contributed by atoms with van der Waals surface area (Å²) in [6.45, 7) is 4.17. The van der Waals surface area contributed by atoms with Crippen LogP contribution in [0.5, 0.6) is 0 Å². The lowest BCUT2D eigenvalue weighted by Crippen LogP contribution is -2.44. The lowest BCUT2D eigenvalue weighted by atomic mass is 10.0. The first-order valence-electron chi connectivity index (χ1n) is 12.6. The van der Waals surface area contributed by atoms with Crippen molar-refractivity contribution in [2.24, 2.45) is 0 Å². The fourth-order valence-corrected chi connectivity index (χ4v) is 4.69. The van der Waals surface area contributed by atoms with Crippen molar-refractivity contribution in [3.8, 4) is 11.3 Å². The molecule has 1 N–H and O–H groups in total. The highest BCUT2D eigenvalue weighted by atomic mass is 19.4. The van der Waals surface area contributed by atoms with E-state index in [0.717, 1.165) is 24.6 Å². The number of nitrogens with zero attached hydrogens (tertiary/aromatic N) is 4. The molecule has 0 aliphatic carbocycles. The molecule has 1 saturated heterocycles. The maximum Gasteiger partial charge on any atom is 0.418 e. The molecule has 1 unspecified atom stereocenters. The minimum Gasteiger partial charge on any atom is -0.378 e. The van der Waals surface area contributed by atoms with E-state index in [1.54, 1.807) is 6.07 Å². The van der Waals surface area contributed by atoms with Gasteiger partial charge in [0.25, 0.3) is 0 Å². The monoisotopic (exact) mass is 561 g/mol. The number of alkyl halides is 6. The Morgan fingerprint density at radius 1 is 0.975 bits per heavy atom. The molecule has 0 spiro atoms. The van der Waals surface area contributed by atoms with E-state index in [9.17, 15) is 26.3 Å². The number of benzene rings is 2. The van der Waals surface area contributed by atoms with Gasteiger partial charge >= 0.3 is 12.4 Å². The van der Waals surface area contributed by atoms with E-state index >= 15 is 0 Å². The van der Waals surface area contributed by atoms with Gasteiger partial charge in [0.15, 0.2) is 0 Å². The molecule has 1 aliphatic heterocycles. The first-order valence-corrected chi connectivity index (χ1v) is 12.6. The minimum atomic E-state index is -4.60. The number of pyridine rings is 1. The van der Waals surface area contributed by atoms with Crippen LogP contribution in [-0.4, -0.2) is 45.7 Å². The lowest BCUT2D eigenvalue weighted by Gasteiger charge is -2.34. The zero-order chi connectivity index (χ0) is 28.5. The highest BCUT2D eigenvalue weighted by Crippen LogP contribution is 2.37. The van der Waals surface area contributed by atoms with Gasteiger partial charge in [-0.1, -0.05) is 13.0 Å². The number of hydrogen-bond acceptors (Lipinski definition) is 6. The smallest absolute Gasteiger partial charge is 0.378 e. The quantitative estimate of drug-likeness (QED) is 0.254. The highest BCUT2D eigenvalue weighted by Gasteiger charge is 2.34. The van der Waals surface area contributed by atoms with Crippen LogP contribution in [0.1, 0.15) is 30.3 Å². The molecule has 2 aromatic carbocycles. The van der Waals surface area contributed by atoms with Crippen molar-refractivity contribution >= 4 is 22.4 Å². The van der Waals surface area contributed by atoms with Crippen LogP contribution in [-0.2, 0) is 23.6 Å². The number of aromatic nitrogens is 3. The van der Waals surface area contributed by atoms with Crippen molar-refractivity contribution in [2.45, 2.75) is 38.3 Å². The SMILES string of the molecule is CCC1COCCN1Cc1nc(Nc2ccc(C(F)(F)F)cc2)c2ccc(-c3ncccc3C(F)(F)F)cc2n1. The first-order chi connectivity index (χ1) is 19.0. The molecule has 2 aromatic heterocycles. The van der Waals surface area contributed by atoms with Crippen LogP contribution >= 0.6 is 0 Å². The van der Waals surface area contributed by atoms with Crippen LogP contribution in [0.3, 0.4) is 0 Å². The third kappa shape index (κ3) is 6.02. The summed E-state index contributed by atoms with van der Waals surface area (Å²) >= 11 is 0. The van der Waals surface area contributed by atoms with Gasteiger partial charge in [-0.3, -0.25) is 9.88 Å². The predicted molar refractivity (Wildman–Crippen MR) is 138 cm³/mol. The van der Waals surface area contributed by atoms with Gasteiger partial charge in [0, 0.05) is 35.4 Å². The number of ether oxygens (including phenoxy) is 1. The lowest BCUT2D eigenvalue weighted by molar-refractivity contribution is -0.138. The van der Waals surface area contributed by atoms with Gasteiger partial charge in [-0.15, -0.1) is 0 Å². The Morgan fingerprint density at radius 2 is 1.75 bits per heavy atom. The molecule has 3 heterocycles. The normalized spacial score (nSPS) is 16.8. The number of morpholine rings is 1. The maximum absolute atomic E-state index is 13.7. The number of nitrogens with one attached hydrogen (secondary N) is 1. The Morgan fingerprint density at radius 3 is 2.45 bits per heavy atom. The molecule has 4 aromatic rings. The van der Waals surface area contributed by atoms with E-state index in [4.69, 9.17) is 4.74 Å². The summed E-state index contributed by atoms with van der Waals surface area (Å²) in [7, 11) is 0. The Kier molecular flexibility index (Phi) is 7.65. The second-order valence-corrected chi connectivity index (χ2v) is 9.43. The molecule has 210 valence electrons. The number of rotatable bonds is 6. The molecule has 0 saturated carbocycles. The largest absolute Gasteiger partial charge is 0.418 e. The molecule has 40 heavy (non-hydrogen) atoms. The van der Waals surface area contributed by atoms with E-state index in [2.05, 4.69) is 25.2 Å². The zero-order valence-corrected chi connectivity index (χ0v) is 21.4. The molecule has 1 fully saturated rings. The number of anilines is 2. The van der Waals surface area contributed by atoms with Gasteiger partial charge in [-0.2, -0.15) is 26.3 Å². The second kappa shape index (κ2) is 11.0. The summed E-state index contributed by atoms with van der Waals surface area (Å²) in [6.07, 6.45) is -6.94. The van der Waals surface area contributed by atoms with Crippen molar-refractivity contribution in [3.05, 3.63) is 77.7 Å². The number of hydrogen-bond donors (Lipinski definition) is 1. The van der Waals surface area contributed by atoms with Crippen LogP contribution in [0.2, 0.25) is 0 Å². The standard InChI is InChI=1S/C28H25F6N5O/c1-2-20-16-40-13-12-39(20)15-24-37-23-14-17(25-22(28(32,33)34)4-3-11-35-25)5-10-21(23)26(38-24)36-19-8-6-18(7-9-19)27(29,30)31/h3-11,14,20H,2,12-13,15-16H2,1H3,(H,36,37,38). The van der Waals surface area contributed by atoms with Gasteiger partial charge in [0.2, 0.25) is 0 Å². The summed E-state index contributed by atoms with van der Waals surface area (Å²) < 4.78 is 85.8. The van der Waals surface area contributed by atoms with Crippen molar-refractivity contribution < 1.29 is 31.1 Å². The summed E-state index contributed by atoms with van der Waals surface area (Å²) in [5.74, 6) is 0.737. The summed E-state index contributed by atoms with van der Waals surface area (Å²) in [6, 6.07) is 11.5. The van der Waals surface area contributed by atoms with E-state index in [0.29, 0.717) is 54.5 Å². The van der Waals surface area contributed by atoms with Crippen LogP contribution < -0.4 is 5.32 Å². The maximum atomic E-state index is 13.7. The van der Waals surface area contributed by atoms with Crippen LogP contribution in [0.25, 0.3) is 22.2 Å². The molecule has 6 nitrogen and oxygen atoms in total. The number of halogens is 6. The van der Waals surface area contributed by atoms with E-state index in [-0.39, 0.29) is 17.3 Å². The molecule has 12 heteroatoms. The molecule has 5 rings (SSSR count). The Labute approximate surface area is 226 Å². The van der Waals surface area contributed by atoms with Crippen molar-refractivity contribution in [2.75, 3.05) is 25.1 Å². The molecule has 0 bridgehead atoms. The van der Waals surface area contributed by atoms with Gasteiger partial charge in [0.1, 0.15) is 11.6 Å². The minimum absolute atomic E-state index is 0.147. The van der Waals surface area contributed by atoms with Gasteiger partial charge in [-0.05, 0) is 55.0 Å². The number of fused-ring (bicyclic) bond motifs is 1. The van der Waals surface area contributed by atoms with E-state index < -0.39 is 23.5 Å². The van der Waals surface area contributed by atoms with E-state index in [1.807, 2.05) is 6.92 Å². The van der Waals surface area contributed by atoms with E-state index in [1.165, 1.54) is 36.5 Å². The average molecular weight is 562 g/mol. The fraction of sp³-hybridized carbons (Fsp3) is 0.321. The Balaban J connectivity index is 1.58. The Hall–Kier alpha value is -3.77. The zero-order valence-electron chi connectivity index (χ0n) is 21.4. The van der Waals surface area contributed by atoms with Crippen LogP contribution in [0, 0.1) is 0 Å². The predicted octanol–water partition coefficient (Wildman–Crippen LogP) is 7.08. The molecule has 1 aliphatic rings. The van der Waals surface area contributed by atoms with Gasteiger partial charge in [-0.25, -0.2) is 9.97 Å². The molecule has 0 radical (unpaired) electrons. The summed E-state index contributed by atoms with van der Waals surface area (Å²) in [5.41, 5.74) is -0.922.